The van der Waals surface area contributed by atoms with Crippen molar-refractivity contribution in [1.82, 2.24) is 4.90 Å². The Hall–Kier alpha value is -3.06. The molecule has 0 aliphatic heterocycles. The van der Waals surface area contributed by atoms with Crippen LogP contribution in [0.25, 0.3) is 0 Å². The third-order valence-electron chi connectivity index (χ3n) is 4.24. The molecule has 0 atom stereocenters. The summed E-state index contributed by atoms with van der Waals surface area (Å²) in [6, 6.07) is 14.7. The Kier molecular flexibility index (Phi) is 5.56. The summed E-state index contributed by atoms with van der Waals surface area (Å²) in [5, 5.41) is 0. The van der Waals surface area contributed by atoms with Gasteiger partial charge in [-0.1, -0.05) is 12.1 Å². The topological polar surface area (TPSA) is 76.8 Å². The summed E-state index contributed by atoms with van der Waals surface area (Å²) >= 11 is 0. The van der Waals surface area contributed by atoms with E-state index in [-0.39, 0.29) is 16.6 Å². The molecule has 0 radical (unpaired) electrons. The first-order valence-electron chi connectivity index (χ1n) is 8.66. The van der Waals surface area contributed by atoms with Crippen molar-refractivity contribution in [2.45, 2.75) is 25.3 Å². The Bertz CT molecular complexity index is 1070. The van der Waals surface area contributed by atoms with Gasteiger partial charge in [0.15, 0.2) is 0 Å². The van der Waals surface area contributed by atoms with Gasteiger partial charge in [-0.2, -0.15) is 8.42 Å². The zero-order valence-electron chi connectivity index (χ0n) is 15.9. The van der Waals surface area contributed by atoms with Crippen molar-refractivity contribution in [3.05, 3.63) is 83.3 Å². The first-order chi connectivity index (χ1) is 13.3. The van der Waals surface area contributed by atoms with Gasteiger partial charge in [0.05, 0.1) is 12.8 Å². The molecular weight excluding hydrogens is 378 g/mol. The van der Waals surface area contributed by atoms with Crippen LogP contribution < -0.4 is 4.18 Å². The monoisotopic (exact) mass is 399 g/mol. The van der Waals surface area contributed by atoms with Crippen molar-refractivity contribution in [2.24, 2.45) is 0 Å². The number of carbonyl (C=O) groups is 1. The first-order valence-corrected chi connectivity index (χ1v) is 10.1. The number of carbonyl (C=O) groups excluding carboxylic acids is 1. The van der Waals surface area contributed by atoms with Crippen LogP contribution in [-0.4, -0.2) is 26.3 Å². The zero-order valence-corrected chi connectivity index (χ0v) is 16.7. The quantitative estimate of drug-likeness (QED) is 0.587. The van der Waals surface area contributed by atoms with Crippen LogP contribution in [0, 0.1) is 13.8 Å². The number of hydrogen-bond donors (Lipinski definition) is 0. The smallest absolute Gasteiger partial charge is 0.339 e. The molecular formula is C21H21NO5S. The number of amides is 1. The lowest BCUT2D eigenvalue weighted by molar-refractivity contribution is 0.0775. The fourth-order valence-corrected chi connectivity index (χ4v) is 3.98. The zero-order chi connectivity index (χ0) is 20.3. The lowest BCUT2D eigenvalue weighted by Gasteiger charge is -2.16. The fraction of sp³-hybridized carbons (Fsp3) is 0.190. The number of benzene rings is 2. The van der Waals surface area contributed by atoms with E-state index in [1.54, 1.807) is 44.5 Å². The van der Waals surface area contributed by atoms with Gasteiger partial charge >= 0.3 is 10.1 Å². The Morgan fingerprint density at radius 2 is 1.79 bits per heavy atom. The summed E-state index contributed by atoms with van der Waals surface area (Å²) in [7, 11) is -2.29. The van der Waals surface area contributed by atoms with Gasteiger partial charge in [0.25, 0.3) is 5.91 Å². The van der Waals surface area contributed by atoms with Crippen LogP contribution in [0.2, 0.25) is 0 Å². The molecule has 0 saturated carbocycles. The SMILES string of the molecule is Cc1ccc(C)c(S(=O)(=O)Oc2ccc(C(=O)N(C)Cc3ccco3)cc2)c1. The fourth-order valence-electron chi connectivity index (χ4n) is 2.73. The second-order valence-corrected chi connectivity index (χ2v) is 8.09. The molecule has 0 aliphatic carbocycles. The minimum Gasteiger partial charge on any atom is -0.467 e. The summed E-state index contributed by atoms with van der Waals surface area (Å²) in [4.78, 5) is 14.1. The lowest BCUT2D eigenvalue weighted by atomic mass is 10.2. The van der Waals surface area contributed by atoms with Crippen molar-refractivity contribution < 1.29 is 21.8 Å². The van der Waals surface area contributed by atoms with Crippen LogP contribution in [0.5, 0.6) is 5.75 Å². The molecule has 0 saturated heterocycles. The highest BCUT2D eigenvalue weighted by Gasteiger charge is 2.20. The summed E-state index contributed by atoms with van der Waals surface area (Å²) in [6.45, 7) is 3.87. The van der Waals surface area contributed by atoms with E-state index >= 15 is 0 Å². The largest absolute Gasteiger partial charge is 0.467 e. The highest BCUT2D eigenvalue weighted by atomic mass is 32.2. The molecule has 1 aromatic heterocycles. The maximum Gasteiger partial charge on any atom is 0.339 e. The predicted octanol–water partition coefficient (Wildman–Crippen LogP) is 3.94. The van der Waals surface area contributed by atoms with Crippen LogP contribution in [0.1, 0.15) is 27.2 Å². The van der Waals surface area contributed by atoms with E-state index in [1.807, 2.05) is 13.0 Å². The second kappa shape index (κ2) is 7.90. The highest BCUT2D eigenvalue weighted by molar-refractivity contribution is 7.87. The highest BCUT2D eigenvalue weighted by Crippen LogP contribution is 2.23. The number of nitrogens with zero attached hydrogens (tertiary/aromatic N) is 1. The molecule has 1 heterocycles. The van der Waals surface area contributed by atoms with Crippen molar-refractivity contribution in [3.8, 4) is 5.75 Å². The van der Waals surface area contributed by atoms with E-state index in [0.29, 0.717) is 23.4 Å². The van der Waals surface area contributed by atoms with Gasteiger partial charge in [-0.15, -0.1) is 0 Å². The Morgan fingerprint density at radius 3 is 2.43 bits per heavy atom. The van der Waals surface area contributed by atoms with Crippen molar-refractivity contribution in [3.63, 3.8) is 0 Å². The molecule has 1 amide bonds. The van der Waals surface area contributed by atoms with Crippen molar-refractivity contribution in [2.75, 3.05) is 7.05 Å². The van der Waals surface area contributed by atoms with E-state index in [4.69, 9.17) is 8.60 Å². The van der Waals surface area contributed by atoms with Gasteiger partial charge in [-0.25, -0.2) is 0 Å². The summed E-state index contributed by atoms with van der Waals surface area (Å²) < 4.78 is 35.6. The molecule has 0 aliphatic rings. The first kappa shape index (κ1) is 19.7. The summed E-state index contributed by atoms with van der Waals surface area (Å²) in [5.41, 5.74) is 1.86. The standard InChI is InChI=1S/C21H21NO5S/c1-15-6-7-16(2)20(13-15)28(24,25)27-18-10-8-17(9-11-18)21(23)22(3)14-19-5-4-12-26-19/h4-13H,14H2,1-3H3. The normalized spacial score (nSPS) is 11.2. The Morgan fingerprint density at radius 1 is 1.07 bits per heavy atom. The van der Waals surface area contributed by atoms with Gasteiger partial charge in [0.1, 0.15) is 16.4 Å². The van der Waals surface area contributed by atoms with Crippen LogP contribution in [-0.2, 0) is 16.7 Å². The molecule has 0 N–H and O–H groups in total. The van der Waals surface area contributed by atoms with E-state index < -0.39 is 10.1 Å². The summed E-state index contributed by atoms with van der Waals surface area (Å²) in [6.07, 6.45) is 1.55. The molecule has 7 heteroatoms. The van der Waals surface area contributed by atoms with E-state index in [0.717, 1.165) is 5.56 Å². The average molecular weight is 399 g/mol. The van der Waals surface area contributed by atoms with Gasteiger partial charge in [-0.05, 0) is 67.4 Å². The molecule has 28 heavy (non-hydrogen) atoms. The third-order valence-corrected chi connectivity index (χ3v) is 5.63. The maximum absolute atomic E-state index is 12.6. The van der Waals surface area contributed by atoms with Gasteiger partial charge in [0.2, 0.25) is 0 Å². The van der Waals surface area contributed by atoms with Gasteiger partial charge < -0.3 is 13.5 Å². The van der Waals surface area contributed by atoms with E-state index in [2.05, 4.69) is 0 Å². The number of furan rings is 1. The molecule has 0 bridgehead atoms. The number of aryl methyl sites for hydroxylation is 2. The van der Waals surface area contributed by atoms with Crippen LogP contribution in [0.15, 0.2) is 70.2 Å². The summed E-state index contributed by atoms with van der Waals surface area (Å²) in [5.74, 6) is 0.613. The van der Waals surface area contributed by atoms with Crippen molar-refractivity contribution >= 4 is 16.0 Å². The van der Waals surface area contributed by atoms with Crippen LogP contribution in [0.3, 0.4) is 0 Å². The average Bonchev–Trinajstić information content (AvgIpc) is 3.16. The molecule has 0 spiro atoms. The molecule has 0 unspecified atom stereocenters. The van der Waals surface area contributed by atoms with Gasteiger partial charge in [-0.3, -0.25) is 4.79 Å². The van der Waals surface area contributed by atoms with Crippen LogP contribution >= 0.6 is 0 Å². The van der Waals surface area contributed by atoms with Crippen LogP contribution in [0.4, 0.5) is 0 Å². The molecule has 2 aromatic carbocycles. The minimum atomic E-state index is -3.96. The minimum absolute atomic E-state index is 0.130. The molecule has 0 fully saturated rings. The third kappa shape index (κ3) is 4.43. The van der Waals surface area contributed by atoms with Gasteiger partial charge in [0, 0.05) is 12.6 Å². The number of hydrogen-bond acceptors (Lipinski definition) is 5. The van der Waals surface area contributed by atoms with E-state index in [1.165, 1.54) is 29.2 Å². The molecule has 6 nitrogen and oxygen atoms in total. The molecule has 3 aromatic rings. The van der Waals surface area contributed by atoms with Crippen molar-refractivity contribution in [1.29, 1.82) is 0 Å². The Balaban J connectivity index is 1.73. The maximum atomic E-state index is 12.6. The second-order valence-electron chi connectivity index (χ2n) is 6.57. The molecule has 3 rings (SSSR count). The van der Waals surface area contributed by atoms with E-state index in [9.17, 15) is 13.2 Å². The molecule has 146 valence electrons. The lowest BCUT2D eigenvalue weighted by Crippen LogP contribution is -2.25. The predicted molar refractivity (Wildman–Crippen MR) is 105 cm³/mol. The number of rotatable bonds is 6. The Labute approximate surface area is 164 Å².